The molecule has 0 unspecified atom stereocenters. The zero-order valence-electron chi connectivity index (χ0n) is 7.62. The molecule has 0 aliphatic carbocycles. The smallest absolute Gasteiger partial charge is 0.303 e. The maximum atomic E-state index is 10.1. The number of aliphatic imine (C=N–C) groups is 1. The van der Waals surface area contributed by atoms with E-state index in [4.69, 9.17) is 5.11 Å². The predicted octanol–water partition coefficient (Wildman–Crippen LogP) is 2.11. The van der Waals surface area contributed by atoms with Crippen molar-refractivity contribution in [3.8, 4) is 0 Å². The molecule has 1 N–H and O–H groups in total. The molecule has 0 aliphatic heterocycles. The first-order valence-corrected chi connectivity index (χ1v) is 4.47. The second kappa shape index (κ2) is 8.24. The summed E-state index contributed by atoms with van der Waals surface area (Å²) < 4.78 is 0. The molecule has 70 valence electrons. The van der Waals surface area contributed by atoms with Gasteiger partial charge in [-0.2, -0.15) is 0 Å². The molecule has 0 atom stereocenters. The highest BCUT2D eigenvalue weighted by Crippen LogP contribution is 1.93. The normalized spacial score (nSPS) is 10.8. The van der Waals surface area contributed by atoms with Gasteiger partial charge in [-0.1, -0.05) is 19.8 Å². The van der Waals surface area contributed by atoms with Crippen LogP contribution in [0.15, 0.2) is 4.99 Å². The third-order valence-corrected chi connectivity index (χ3v) is 1.51. The fraction of sp³-hybridized carbons (Fsp3) is 0.778. The molecule has 0 aromatic rings. The van der Waals surface area contributed by atoms with Gasteiger partial charge in [-0.3, -0.25) is 9.79 Å². The molecule has 0 amide bonds. The van der Waals surface area contributed by atoms with Crippen molar-refractivity contribution in [2.45, 2.75) is 39.0 Å². The minimum absolute atomic E-state index is 0.192. The van der Waals surface area contributed by atoms with Gasteiger partial charge in [-0.15, -0.1) is 0 Å². The van der Waals surface area contributed by atoms with Crippen LogP contribution in [-0.4, -0.2) is 23.8 Å². The SMILES string of the molecule is CCCCCN=CCCC(=O)O. The molecule has 3 heteroatoms. The minimum Gasteiger partial charge on any atom is -0.481 e. The van der Waals surface area contributed by atoms with Crippen molar-refractivity contribution in [1.29, 1.82) is 0 Å². The molecule has 0 aromatic carbocycles. The summed E-state index contributed by atoms with van der Waals surface area (Å²) in [5, 5.41) is 8.29. The zero-order valence-corrected chi connectivity index (χ0v) is 7.62. The van der Waals surface area contributed by atoms with Gasteiger partial charge in [0, 0.05) is 6.54 Å². The van der Waals surface area contributed by atoms with E-state index in [1.807, 2.05) is 0 Å². The number of hydrogen-bond acceptors (Lipinski definition) is 2. The maximum absolute atomic E-state index is 10.1. The summed E-state index contributed by atoms with van der Waals surface area (Å²) in [5.41, 5.74) is 0. The van der Waals surface area contributed by atoms with Gasteiger partial charge < -0.3 is 5.11 Å². The molecule has 0 aliphatic rings. The molecule has 0 spiro atoms. The highest BCUT2D eigenvalue weighted by atomic mass is 16.4. The Bertz CT molecular complexity index is 143. The van der Waals surface area contributed by atoms with E-state index in [9.17, 15) is 4.79 Å². The highest BCUT2D eigenvalue weighted by molar-refractivity contribution is 5.71. The van der Waals surface area contributed by atoms with Crippen LogP contribution in [0.2, 0.25) is 0 Å². The van der Waals surface area contributed by atoms with Crippen LogP contribution in [0.5, 0.6) is 0 Å². The Kier molecular flexibility index (Phi) is 7.65. The number of nitrogens with zero attached hydrogens (tertiary/aromatic N) is 1. The largest absolute Gasteiger partial charge is 0.481 e. The van der Waals surface area contributed by atoms with Crippen LogP contribution in [0.3, 0.4) is 0 Å². The van der Waals surface area contributed by atoms with Gasteiger partial charge in [-0.25, -0.2) is 0 Å². The molecule has 0 bridgehead atoms. The van der Waals surface area contributed by atoms with E-state index in [2.05, 4.69) is 11.9 Å². The Morgan fingerprint density at radius 3 is 2.83 bits per heavy atom. The first kappa shape index (κ1) is 11.1. The quantitative estimate of drug-likeness (QED) is 0.471. The number of carbonyl (C=O) groups is 1. The van der Waals surface area contributed by atoms with Gasteiger partial charge in [-0.05, 0) is 19.1 Å². The summed E-state index contributed by atoms with van der Waals surface area (Å²) in [7, 11) is 0. The number of carboxylic acid groups (broad SMARTS) is 1. The van der Waals surface area contributed by atoms with Crippen LogP contribution in [-0.2, 0) is 4.79 Å². The van der Waals surface area contributed by atoms with E-state index < -0.39 is 5.97 Å². The second-order valence-corrected chi connectivity index (χ2v) is 2.73. The predicted molar refractivity (Wildman–Crippen MR) is 49.8 cm³/mol. The molecule has 0 saturated carbocycles. The van der Waals surface area contributed by atoms with Gasteiger partial charge in [0.15, 0.2) is 0 Å². The van der Waals surface area contributed by atoms with Gasteiger partial charge in [0.05, 0.1) is 6.42 Å². The van der Waals surface area contributed by atoms with Crippen molar-refractivity contribution in [2.24, 2.45) is 4.99 Å². The third-order valence-electron chi connectivity index (χ3n) is 1.51. The molecule has 0 radical (unpaired) electrons. The van der Waals surface area contributed by atoms with Crippen LogP contribution >= 0.6 is 0 Å². The van der Waals surface area contributed by atoms with Crippen LogP contribution < -0.4 is 0 Å². The molecular formula is C9H17NO2. The van der Waals surface area contributed by atoms with E-state index in [0.29, 0.717) is 6.42 Å². The monoisotopic (exact) mass is 171 g/mol. The molecule has 0 fully saturated rings. The molecule has 12 heavy (non-hydrogen) atoms. The van der Waals surface area contributed by atoms with Gasteiger partial charge in [0.1, 0.15) is 0 Å². The number of rotatable bonds is 7. The van der Waals surface area contributed by atoms with E-state index >= 15 is 0 Å². The van der Waals surface area contributed by atoms with Crippen molar-refractivity contribution >= 4 is 12.2 Å². The summed E-state index contributed by atoms with van der Waals surface area (Å²) in [6, 6.07) is 0. The molecule has 0 saturated heterocycles. The molecular weight excluding hydrogens is 154 g/mol. The minimum atomic E-state index is -0.755. The van der Waals surface area contributed by atoms with Crippen LogP contribution in [0.1, 0.15) is 39.0 Å². The van der Waals surface area contributed by atoms with E-state index in [-0.39, 0.29) is 6.42 Å². The lowest BCUT2D eigenvalue weighted by Gasteiger charge is -1.91. The molecule has 3 nitrogen and oxygen atoms in total. The lowest BCUT2D eigenvalue weighted by Crippen LogP contribution is -1.94. The lowest BCUT2D eigenvalue weighted by atomic mass is 10.2. The molecule has 0 rings (SSSR count). The summed E-state index contributed by atoms with van der Waals surface area (Å²) in [6.45, 7) is 2.99. The van der Waals surface area contributed by atoms with Crippen molar-refractivity contribution < 1.29 is 9.90 Å². The highest BCUT2D eigenvalue weighted by Gasteiger charge is 1.91. The summed E-state index contributed by atoms with van der Waals surface area (Å²) in [4.78, 5) is 14.2. The molecule has 0 heterocycles. The number of aliphatic carboxylic acids is 1. The Labute approximate surface area is 73.5 Å². The van der Waals surface area contributed by atoms with Crippen molar-refractivity contribution in [1.82, 2.24) is 0 Å². The van der Waals surface area contributed by atoms with E-state index in [1.54, 1.807) is 6.21 Å². The van der Waals surface area contributed by atoms with Crippen molar-refractivity contribution in [3.63, 3.8) is 0 Å². The lowest BCUT2D eigenvalue weighted by molar-refractivity contribution is -0.136. The zero-order chi connectivity index (χ0) is 9.23. The first-order valence-electron chi connectivity index (χ1n) is 4.47. The summed E-state index contributed by atoms with van der Waals surface area (Å²) in [5.74, 6) is -0.755. The van der Waals surface area contributed by atoms with Crippen LogP contribution in [0.4, 0.5) is 0 Å². The van der Waals surface area contributed by atoms with Gasteiger partial charge in [0.25, 0.3) is 0 Å². The Morgan fingerprint density at radius 2 is 2.25 bits per heavy atom. The number of hydrogen-bond donors (Lipinski definition) is 1. The first-order chi connectivity index (χ1) is 5.77. The fourth-order valence-corrected chi connectivity index (χ4v) is 0.824. The third kappa shape index (κ3) is 9.14. The fourth-order valence-electron chi connectivity index (χ4n) is 0.824. The average molecular weight is 171 g/mol. The topological polar surface area (TPSA) is 49.7 Å². The Morgan fingerprint density at radius 1 is 1.50 bits per heavy atom. The Balaban J connectivity index is 3.09. The van der Waals surface area contributed by atoms with E-state index in [0.717, 1.165) is 13.0 Å². The van der Waals surface area contributed by atoms with Gasteiger partial charge in [0.2, 0.25) is 0 Å². The Hall–Kier alpha value is -0.860. The van der Waals surface area contributed by atoms with Crippen molar-refractivity contribution in [3.05, 3.63) is 0 Å². The average Bonchev–Trinajstić information content (AvgIpc) is 2.02. The standard InChI is InChI=1S/C9H17NO2/c1-2-3-4-7-10-8-5-6-9(11)12/h8H,2-7H2,1H3,(H,11,12). The van der Waals surface area contributed by atoms with Crippen LogP contribution in [0.25, 0.3) is 0 Å². The second-order valence-electron chi connectivity index (χ2n) is 2.73. The number of carboxylic acids is 1. The number of unbranched alkanes of at least 4 members (excludes halogenated alkanes) is 2. The van der Waals surface area contributed by atoms with Crippen molar-refractivity contribution in [2.75, 3.05) is 6.54 Å². The maximum Gasteiger partial charge on any atom is 0.303 e. The summed E-state index contributed by atoms with van der Waals surface area (Å²) in [6.07, 6.45) is 5.98. The van der Waals surface area contributed by atoms with Gasteiger partial charge >= 0.3 is 5.97 Å². The van der Waals surface area contributed by atoms with Crippen LogP contribution in [0, 0.1) is 0 Å². The molecule has 0 aromatic heterocycles. The summed E-state index contributed by atoms with van der Waals surface area (Å²) >= 11 is 0. The van der Waals surface area contributed by atoms with E-state index in [1.165, 1.54) is 12.8 Å².